The Morgan fingerprint density at radius 1 is 1.26 bits per heavy atom. The normalized spacial score (nSPS) is 12.4. The number of ether oxygens (including phenoxy) is 1. The fraction of sp³-hybridized carbons (Fsp3) is 0.333. The first-order valence-electron chi connectivity index (χ1n) is 8.35. The summed E-state index contributed by atoms with van der Waals surface area (Å²) in [5.41, 5.74) is 1.48. The Labute approximate surface area is 162 Å². The summed E-state index contributed by atoms with van der Waals surface area (Å²) in [7, 11) is -3.80. The van der Waals surface area contributed by atoms with Gasteiger partial charge in [0.25, 0.3) is 5.91 Å². The van der Waals surface area contributed by atoms with Crippen LogP contribution in [0.2, 0.25) is 0 Å². The molecular formula is C18H22N2O5S2. The summed E-state index contributed by atoms with van der Waals surface area (Å²) in [4.78, 5) is 25.9. The molecule has 1 aromatic carbocycles. The van der Waals surface area contributed by atoms with Gasteiger partial charge in [0.05, 0.1) is 4.90 Å². The molecule has 0 spiro atoms. The lowest BCUT2D eigenvalue weighted by atomic mass is 10.1. The van der Waals surface area contributed by atoms with Crippen LogP contribution in [0.5, 0.6) is 0 Å². The number of esters is 1. The summed E-state index contributed by atoms with van der Waals surface area (Å²) in [6.45, 7) is 5.49. The van der Waals surface area contributed by atoms with E-state index >= 15 is 0 Å². The zero-order chi connectivity index (χ0) is 20.2. The number of carbonyl (C=O) groups is 2. The second kappa shape index (κ2) is 8.64. The first kappa shape index (κ1) is 21.1. The van der Waals surface area contributed by atoms with Gasteiger partial charge in [-0.05, 0) is 56.2 Å². The van der Waals surface area contributed by atoms with E-state index < -0.39 is 28.0 Å². The molecular weight excluding hydrogens is 388 g/mol. The summed E-state index contributed by atoms with van der Waals surface area (Å²) < 4.78 is 27.7. The highest BCUT2D eigenvalue weighted by atomic mass is 32.2. The standard InChI is InChI=1S/C18H22N2O5S2/c1-4-5-13-10-16(26-12(13)3)18(22)25-11(2)17(21)20-14-6-8-15(9-7-14)27(19,23)24/h6-11H,4-5H2,1-3H3,(H,20,21)(H2,19,23,24)/t11-/m1/s1. The van der Waals surface area contributed by atoms with Crippen molar-refractivity contribution in [2.24, 2.45) is 5.14 Å². The minimum absolute atomic E-state index is 0.0593. The minimum atomic E-state index is -3.80. The van der Waals surface area contributed by atoms with Gasteiger partial charge in [0.15, 0.2) is 6.10 Å². The van der Waals surface area contributed by atoms with E-state index in [9.17, 15) is 18.0 Å². The Kier molecular flexibility index (Phi) is 6.74. The van der Waals surface area contributed by atoms with Crippen LogP contribution in [0.3, 0.4) is 0 Å². The molecule has 7 nitrogen and oxygen atoms in total. The fourth-order valence-electron chi connectivity index (χ4n) is 2.38. The van der Waals surface area contributed by atoms with Crippen molar-refractivity contribution in [3.8, 4) is 0 Å². The van der Waals surface area contributed by atoms with Crippen LogP contribution in [0, 0.1) is 6.92 Å². The number of carbonyl (C=O) groups excluding carboxylic acids is 2. The molecule has 1 aromatic heterocycles. The van der Waals surface area contributed by atoms with Crippen molar-refractivity contribution in [3.05, 3.63) is 45.6 Å². The molecule has 0 bridgehead atoms. The molecule has 1 amide bonds. The van der Waals surface area contributed by atoms with Crippen molar-refractivity contribution in [3.63, 3.8) is 0 Å². The molecule has 0 fully saturated rings. The molecule has 2 aromatic rings. The van der Waals surface area contributed by atoms with Crippen molar-refractivity contribution < 1.29 is 22.7 Å². The Morgan fingerprint density at radius 3 is 2.44 bits per heavy atom. The van der Waals surface area contributed by atoms with Gasteiger partial charge < -0.3 is 10.1 Å². The molecule has 27 heavy (non-hydrogen) atoms. The molecule has 0 radical (unpaired) electrons. The maximum Gasteiger partial charge on any atom is 0.349 e. The second-order valence-electron chi connectivity index (χ2n) is 6.05. The van der Waals surface area contributed by atoms with E-state index in [0.29, 0.717) is 10.6 Å². The number of sulfonamides is 1. The van der Waals surface area contributed by atoms with E-state index in [1.807, 2.05) is 13.0 Å². The lowest BCUT2D eigenvalue weighted by Crippen LogP contribution is -2.29. The third-order valence-electron chi connectivity index (χ3n) is 3.84. The maximum atomic E-state index is 12.3. The Morgan fingerprint density at radius 2 is 1.89 bits per heavy atom. The predicted molar refractivity (Wildman–Crippen MR) is 104 cm³/mol. The second-order valence-corrected chi connectivity index (χ2v) is 8.87. The highest BCUT2D eigenvalue weighted by molar-refractivity contribution is 7.89. The smallest absolute Gasteiger partial charge is 0.349 e. The van der Waals surface area contributed by atoms with Crippen molar-refractivity contribution in [2.75, 3.05) is 5.32 Å². The SMILES string of the molecule is CCCc1cc(C(=O)O[C@H](C)C(=O)Nc2ccc(S(N)(=O)=O)cc2)sc1C. The van der Waals surface area contributed by atoms with Crippen molar-refractivity contribution in [1.29, 1.82) is 0 Å². The molecule has 2 rings (SSSR count). The average Bonchev–Trinajstić information content (AvgIpc) is 2.96. The van der Waals surface area contributed by atoms with Crippen LogP contribution in [0.4, 0.5) is 5.69 Å². The van der Waals surface area contributed by atoms with Crippen molar-refractivity contribution in [2.45, 2.75) is 44.6 Å². The number of rotatable bonds is 7. The Balaban J connectivity index is 1.98. The van der Waals surface area contributed by atoms with Gasteiger partial charge in [0.1, 0.15) is 4.88 Å². The van der Waals surface area contributed by atoms with Crippen LogP contribution in [0.1, 0.15) is 40.4 Å². The number of anilines is 1. The van der Waals surface area contributed by atoms with Gasteiger partial charge in [-0.25, -0.2) is 18.4 Å². The molecule has 3 N–H and O–H groups in total. The summed E-state index contributed by atoms with van der Waals surface area (Å²) in [5, 5.41) is 7.59. The molecule has 0 aliphatic heterocycles. The topological polar surface area (TPSA) is 116 Å². The average molecular weight is 411 g/mol. The van der Waals surface area contributed by atoms with E-state index in [2.05, 4.69) is 12.2 Å². The van der Waals surface area contributed by atoms with Crippen LogP contribution < -0.4 is 10.5 Å². The van der Waals surface area contributed by atoms with E-state index in [1.165, 1.54) is 42.5 Å². The van der Waals surface area contributed by atoms with Crippen LogP contribution in [-0.2, 0) is 26.0 Å². The van der Waals surface area contributed by atoms with E-state index in [4.69, 9.17) is 9.88 Å². The summed E-state index contributed by atoms with van der Waals surface area (Å²) >= 11 is 1.35. The van der Waals surface area contributed by atoms with Crippen molar-refractivity contribution >= 4 is 38.9 Å². The molecule has 0 unspecified atom stereocenters. The van der Waals surface area contributed by atoms with Gasteiger partial charge in [-0.2, -0.15) is 0 Å². The first-order valence-corrected chi connectivity index (χ1v) is 10.7. The van der Waals surface area contributed by atoms with Gasteiger partial charge in [-0.1, -0.05) is 13.3 Å². The number of thiophene rings is 1. The molecule has 1 atom stereocenters. The van der Waals surface area contributed by atoms with Crippen molar-refractivity contribution in [1.82, 2.24) is 0 Å². The van der Waals surface area contributed by atoms with Crippen LogP contribution in [0.15, 0.2) is 35.2 Å². The van der Waals surface area contributed by atoms with Gasteiger partial charge in [0.2, 0.25) is 10.0 Å². The minimum Gasteiger partial charge on any atom is -0.448 e. The molecule has 0 aliphatic rings. The van der Waals surface area contributed by atoms with Gasteiger partial charge in [-0.15, -0.1) is 11.3 Å². The number of nitrogens with two attached hydrogens (primary N) is 1. The third kappa shape index (κ3) is 5.62. The van der Waals surface area contributed by atoms with E-state index in [0.717, 1.165) is 23.3 Å². The lowest BCUT2D eigenvalue weighted by molar-refractivity contribution is -0.123. The monoisotopic (exact) mass is 410 g/mol. The number of hydrogen-bond donors (Lipinski definition) is 2. The van der Waals surface area contributed by atoms with Gasteiger partial charge in [-0.3, -0.25) is 4.79 Å². The van der Waals surface area contributed by atoms with Gasteiger partial charge in [0, 0.05) is 10.6 Å². The van der Waals surface area contributed by atoms with E-state index in [-0.39, 0.29) is 4.90 Å². The largest absolute Gasteiger partial charge is 0.448 e. The molecule has 0 aliphatic carbocycles. The zero-order valence-corrected chi connectivity index (χ0v) is 16.9. The molecule has 146 valence electrons. The first-order chi connectivity index (χ1) is 12.6. The number of benzene rings is 1. The summed E-state index contributed by atoms with van der Waals surface area (Å²) in [6.07, 6.45) is 0.863. The number of amides is 1. The highest BCUT2D eigenvalue weighted by Crippen LogP contribution is 2.24. The summed E-state index contributed by atoms with van der Waals surface area (Å²) in [6, 6.07) is 7.19. The number of primary sulfonamides is 1. The van der Waals surface area contributed by atoms with Crippen LogP contribution in [0.25, 0.3) is 0 Å². The number of nitrogens with one attached hydrogen (secondary N) is 1. The molecule has 1 heterocycles. The number of hydrogen-bond acceptors (Lipinski definition) is 6. The number of aryl methyl sites for hydroxylation is 2. The Bertz CT molecular complexity index is 933. The van der Waals surface area contributed by atoms with Gasteiger partial charge >= 0.3 is 5.97 Å². The third-order valence-corrected chi connectivity index (χ3v) is 5.85. The predicted octanol–water partition coefficient (Wildman–Crippen LogP) is 2.84. The zero-order valence-electron chi connectivity index (χ0n) is 15.3. The van der Waals surface area contributed by atoms with Crippen LogP contribution in [-0.4, -0.2) is 26.4 Å². The lowest BCUT2D eigenvalue weighted by Gasteiger charge is -2.13. The highest BCUT2D eigenvalue weighted by Gasteiger charge is 2.21. The quantitative estimate of drug-likeness (QED) is 0.681. The summed E-state index contributed by atoms with van der Waals surface area (Å²) in [5.74, 6) is -1.06. The molecule has 0 saturated carbocycles. The fourth-order valence-corrected chi connectivity index (χ4v) is 3.85. The Hall–Kier alpha value is -2.23. The molecule has 9 heteroatoms. The maximum absolute atomic E-state index is 12.3. The van der Waals surface area contributed by atoms with E-state index in [1.54, 1.807) is 0 Å². The van der Waals surface area contributed by atoms with Crippen LogP contribution >= 0.6 is 11.3 Å². The molecule has 0 saturated heterocycles.